The van der Waals surface area contributed by atoms with Crippen LogP contribution in [0.15, 0.2) is 46.9 Å². The van der Waals surface area contributed by atoms with E-state index in [1.54, 1.807) is 0 Å². The molecule has 2 rings (SSSR count). The summed E-state index contributed by atoms with van der Waals surface area (Å²) in [5, 5.41) is 5.95. The Hall–Kier alpha value is -1.81. The Morgan fingerprint density at radius 3 is 2.37 bits per heavy atom. The van der Waals surface area contributed by atoms with E-state index >= 15 is 0 Å². The van der Waals surface area contributed by atoms with Gasteiger partial charge in [0.1, 0.15) is 0 Å². The van der Waals surface area contributed by atoms with Crippen LogP contribution >= 0.6 is 15.9 Å². The average molecular weight is 319 g/mol. The molecule has 0 heterocycles. The van der Waals surface area contributed by atoms with Gasteiger partial charge in [-0.2, -0.15) is 0 Å². The lowest BCUT2D eigenvalue weighted by Crippen LogP contribution is -2.12. The third-order valence-electron chi connectivity index (χ3n) is 2.86. The average Bonchev–Trinajstić information content (AvgIpc) is 2.41. The van der Waals surface area contributed by atoms with Crippen molar-refractivity contribution in [2.45, 2.75) is 6.92 Å². The number of hydrogen-bond donors (Lipinski definition) is 2. The fourth-order valence-corrected chi connectivity index (χ4v) is 2.09. The smallest absolute Gasteiger partial charge is 0.255 e. The van der Waals surface area contributed by atoms with E-state index < -0.39 is 0 Å². The van der Waals surface area contributed by atoms with E-state index in [0.717, 1.165) is 21.4 Å². The van der Waals surface area contributed by atoms with Crippen LogP contribution in [0.2, 0.25) is 0 Å². The zero-order valence-electron chi connectivity index (χ0n) is 10.8. The van der Waals surface area contributed by atoms with Gasteiger partial charge in [0.05, 0.1) is 0 Å². The van der Waals surface area contributed by atoms with Gasteiger partial charge < -0.3 is 10.6 Å². The summed E-state index contributed by atoms with van der Waals surface area (Å²) >= 11 is 3.36. The van der Waals surface area contributed by atoms with Crippen molar-refractivity contribution in [2.24, 2.45) is 0 Å². The summed E-state index contributed by atoms with van der Waals surface area (Å²) in [6.07, 6.45) is 0. The zero-order valence-corrected chi connectivity index (χ0v) is 12.4. The molecule has 3 nitrogen and oxygen atoms in total. The molecule has 2 aromatic rings. The second-order valence-corrected chi connectivity index (χ2v) is 5.16. The first-order valence-electron chi connectivity index (χ1n) is 5.95. The molecule has 0 aromatic heterocycles. The molecule has 1 amide bonds. The van der Waals surface area contributed by atoms with Crippen molar-refractivity contribution in [3.63, 3.8) is 0 Å². The van der Waals surface area contributed by atoms with Crippen molar-refractivity contribution < 1.29 is 4.79 Å². The predicted molar refractivity (Wildman–Crippen MR) is 82.8 cm³/mol. The highest BCUT2D eigenvalue weighted by Gasteiger charge is 2.07. The molecule has 0 aliphatic carbocycles. The summed E-state index contributed by atoms with van der Waals surface area (Å²) in [7, 11) is 1.86. The van der Waals surface area contributed by atoms with Crippen LogP contribution in [0.25, 0.3) is 0 Å². The normalized spacial score (nSPS) is 10.1. The van der Waals surface area contributed by atoms with Crippen LogP contribution < -0.4 is 10.6 Å². The van der Waals surface area contributed by atoms with E-state index in [9.17, 15) is 4.79 Å². The molecule has 0 bridgehead atoms. The largest absolute Gasteiger partial charge is 0.388 e. The highest BCUT2D eigenvalue weighted by atomic mass is 79.9. The maximum Gasteiger partial charge on any atom is 0.255 e. The van der Waals surface area contributed by atoms with Crippen molar-refractivity contribution in [2.75, 3.05) is 17.7 Å². The lowest BCUT2D eigenvalue weighted by molar-refractivity contribution is 0.102. The van der Waals surface area contributed by atoms with E-state index in [4.69, 9.17) is 0 Å². The Balaban J connectivity index is 2.16. The van der Waals surface area contributed by atoms with Gasteiger partial charge in [0, 0.05) is 28.5 Å². The Morgan fingerprint density at radius 1 is 1.11 bits per heavy atom. The van der Waals surface area contributed by atoms with Crippen LogP contribution in [0, 0.1) is 6.92 Å². The maximum absolute atomic E-state index is 12.1. The minimum atomic E-state index is -0.104. The number of anilines is 2. The first-order chi connectivity index (χ1) is 9.10. The first kappa shape index (κ1) is 13.6. The Bertz CT molecular complexity index is 594. The second-order valence-electron chi connectivity index (χ2n) is 4.24. The standard InChI is InChI=1S/C15H15BrN2O/c1-10-9-11(3-8-14(10)17-2)15(19)18-13-6-4-12(16)5-7-13/h3-9,17H,1-2H3,(H,18,19). The van der Waals surface area contributed by atoms with Gasteiger partial charge in [-0.05, 0) is 55.0 Å². The van der Waals surface area contributed by atoms with Crippen molar-refractivity contribution in [1.29, 1.82) is 0 Å². The Kier molecular flexibility index (Phi) is 4.22. The molecule has 98 valence electrons. The maximum atomic E-state index is 12.1. The van der Waals surface area contributed by atoms with Crippen LogP contribution in [0.1, 0.15) is 15.9 Å². The quantitative estimate of drug-likeness (QED) is 0.896. The van der Waals surface area contributed by atoms with E-state index in [1.165, 1.54) is 0 Å². The van der Waals surface area contributed by atoms with Gasteiger partial charge in [-0.3, -0.25) is 4.79 Å². The second kappa shape index (κ2) is 5.89. The van der Waals surface area contributed by atoms with Crippen molar-refractivity contribution in [1.82, 2.24) is 0 Å². The van der Waals surface area contributed by atoms with Gasteiger partial charge >= 0.3 is 0 Å². The summed E-state index contributed by atoms with van der Waals surface area (Å²) in [5.41, 5.74) is 3.51. The van der Waals surface area contributed by atoms with Crippen LogP contribution in [0.4, 0.5) is 11.4 Å². The molecular weight excluding hydrogens is 304 g/mol. The van der Waals surface area contributed by atoms with Gasteiger partial charge in [-0.15, -0.1) is 0 Å². The zero-order chi connectivity index (χ0) is 13.8. The number of benzene rings is 2. The van der Waals surface area contributed by atoms with Gasteiger partial charge in [0.2, 0.25) is 0 Å². The van der Waals surface area contributed by atoms with Crippen molar-refractivity contribution in [3.8, 4) is 0 Å². The summed E-state index contributed by atoms with van der Waals surface area (Å²) < 4.78 is 0.986. The predicted octanol–water partition coefficient (Wildman–Crippen LogP) is 4.05. The van der Waals surface area contributed by atoms with E-state index in [1.807, 2.05) is 56.4 Å². The Labute approximate surface area is 121 Å². The number of hydrogen-bond acceptors (Lipinski definition) is 2. The monoisotopic (exact) mass is 318 g/mol. The van der Waals surface area contributed by atoms with E-state index in [-0.39, 0.29) is 5.91 Å². The van der Waals surface area contributed by atoms with Gasteiger partial charge in [0.15, 0.2) is 0 Å². The molecule has 0 aliphatic heterocycles. The van der Waals surface area contributed by atoms with Gasteiger partial charge in [-0.25, -0.2) is 0 Å². The van der Waals surface area contributed by atoms with Gasteiger partial charge in [0.25, 0.3) is 5.91 Å². The SMILES string of the molecule is CNc1ccc(C(=O)Nc2ccc(Br)cc2)cc1C. The van der Waals surface area contributed by atoms with Crippen LogP contribution in [-0.2, 0) is 0 Å². The van der Waals surface area contributed by atoms with Crippen LogP contribution in [-0.4, -0.2) is 13.0 Å². The highest BCUT2D eigenvalue weighted by Crippen LogP contribution is 2.18. The molecule has 0 radical (unpaired) electrons. The molecule has 0 aliphatic rings. The third kappa shape index (κ3) is 3.35. The van der Waals surface area contributed by atoms with Crippen molar-refractivity contribution in [3.05, 3.63) is 58.1 Å². The van der Waals surface area contributed by atoms with Gasteiger partial charge in [-0.1, -0.05) is 15.9 Å². The summed E-state index contributed by atoms with van der Waals surface area (Å²) in [6, 6.07) is 13.1. The summed E-state index contributed by atoms with van der Waals surface area (Å²) in [5.74, 6) is -0.104. The topological polar surface area (TPSA) is 41.1 Å². The molecule has 19 heavy (non-hydrogen) atoms. The Morgan fingerprint density at radius 2 is 1.79 bits per heavy atom. The molecular formula is C15H15BrN2O. The lowest BCUT2D eigenvalue weighted by Gasteiger charge is -2.09. The summed E-state index contributed by atoms with van der Waals surface area (Å²) in [6.45, 7) is 1.97. The molecule has 0 atom stereocenters. The molecule has 0 saturated heterocycles. The van der Waals surface area contributed by atoms with E-state index in [2.05, 4.69) is 26.6 Å². The number of halogens is 1. The summed E-state index contributed by atoms with van der Waals surface area (Å²) in [4.78, 5) is 12.1. The fourth-order valence-electron chi connectivity index (χ4n) is 1.82. The third-order valence-corrected chi connectivity index (χ3v) is 3.39. The minimum absolute atomic E-state index is 0.104. The lowest BCUT2D eigenvalue weighted by atomic mass is 10.1. The number of rotatable bonds is 3. The molecule has 2 N–H and O–H groups in total. The fraction of sp³-hybridized carbons (Fsp3) is 0.133. The number of amides is 1. The van der Waals surface area contributed by atoms with Crippen molar-refractivity contribution >= 4 is 33.2 Å². The number of carbonyl (C=O) groups is 1. The van der Waals surface area contributed by atoms with E-state index in [0.29, 0.717) is 5.56 Å². The number of aryl methyl sites for hydroxylation is 1. The molecule has 0 saturated carbocycles. The van der Waals surface area contributed by atoms with Crippen LogP contribution in [0.3, 0.4) is 0 Å². The molecule has 0 fully saturated rings. The molecule has 0 unspecified atom stereocenters. The number of carbonyl (C=O) groups excluding carboxylic acids is 1. The molecule has 0 spiro atoms. The van der Waals surface area contributed by atoms with Crippen LogP contribution in [0.5, 0.6) is 0 Å². The molecule has 2 aromatic carbocycles. The minimum Gasteiger partial charge on any atom is -0.388 e. The number of nitrogens with one attached hydrogen (secondary N) is 2. The highest BCUT2D eigenvalue weighted by molar-refractivity contribution is 9.10. The first-order valence-corrected chi connectivity index (χ1v) is 6.75. The molecule has 4 heteroatoms.